The van der Waals surface area contributed by atoms with Crippen LogP contribution in [0.3, 0.4) is 0 Å². The maximum atomic E-state index is 12.8. The summed E-state index contributed by atoms with van der Waals surface area (Å²) in [5, 5.41) is 5.76. The molecule has 2 N–H and O–H groups in total. The van der Waals surface area contributed by atoms with Gasteiger partial charge in [-0.15, -0.1) is 11.8 Å². The number of benzene rings is 3. The number of carbonyl (C=O) groups is 2. The summed E-state index contributed by atoms with van der Waals surface area (Å²) in [7, 11) is 4.79. The molecule has 178 valence electrons. The van der Waals surface area contributed by atoms with Crippen molar-refractivity contribution in [2.75, 3.05) is 38.9 Å². The highest BCUT2D eigenvalue weighted by molar-refractivity contribution is 8.00. The summed E-state index contributed by atoms with van der Waals surface area (Å²) in [5.41, 5.74) is 1.90. The van der Waals surface area contributed by atoms with Crippen LogP contribution in [0.25, 0.3) is 0 Å². The lowest BCUT2D eigenvalue weighted by atomic mass is 10.1. The van der Waals surface area contributed by atoms with E-state index in [9.17, 15) is 9.59 Å². The maximum absolute atomic E-state index is 12.8. The molecule has 0 saturated heterocycles. The monoisotopic (exact) mass is 480 g/mol. The van der Waals surface area contributed by atoms with Crippen molar-refractivity contribution >= 4 is 29.3 Å². The lowest BCUT2D eigenvalue weighted by Gasteiger charge is -2.12. The van der Waals surface area contributed by atoms with Gasteiger partial charge in [-0.05, 0) is 60.5 Å². The molecule has 0 spiro atoms. The molecule has 0 atom stereocenters. The van der Waals surface area contributed by atoms with Gasteiger partial charge in [-0.25, -0.2) is 0 Å². The van der Waals surface area contributed by atoms with Crippen molar-refractivity contribution < 1.29 is 23.8 Å². The fraction of sp³-hybridized carbons (Fsp3) is 0.231. The van der Waals surface area contributed by atoms with Gasteiger partial charge in [-0.1, -0.05) is 18.2 Å². The quantitative estimate of drug-likeness (QED) is 0.395. The van der Waals surface area contributed by atoms with Crippen molar-refractivity contribution in [2.45, 2.75) is 11.3 Å². The zero-order valence-corrected chi connectivity index (χ0v) is 20.2. The number of anilines is 1. The average Bonchev–Trinajstić information content (AvgIpc) is 2.87. The van der Waals surface area contributed by atoms with Crippen molar-refractivity contribution in [2.24, 2.45) is 0 Å². The Morgan fingerprint density at radius 2 is 1.59 bits per heavy atom. The topological polar surface area (TPSA) is 85.9 Å². The van der Waals surface area contributed by atoms with E-state index in [0.717, 1.165) is 16.2 Å². The fourth-order valence-corrected chi connectivity index (χ4v) is 3.95. The predicted molar refractivity (Wildman–Crippen MR) is 134 cm³/mol. The van der Waals surface area contributed by atoms with Crippen LogP contribution in [0, 0.1) is 0 Å². The molecule has 0 unspecified atom stereocenters. The number of amides is 2. The number of ether oxygens (including phenoxy) is 3. The van der Waals surface area contributed by atoms with Crippen LogP contribution in [0.2, 0.25) is 0 Å². The van der Waals surface area contributed by atoms with Gasteiger partial charge in [0.05, 0.1) is 38.3 Å². The van der Waals surface area contributed by atoms with E-state index in [1.54, 1.807) is 45.6 Å². The Balaban J connectivity index is 1.54. The fourth-order valence-electron chi connectivity index (χ4n) is 3.25. The summed E-state index contributed by atoms with van der Waals surface area (Å²) in [6.07, 6.45) is 0.624. The lowest BCUT2D eigenvalue weighted by molar-refractivity contribution is -0.113. The van der Waals surface area contributed by atoms with Crippen LogP contribution in [0.4, 0.5) is 5.69 Å². The van der Waals surface area contributed by atoms with E-state index in [1.807, 2.05) is 42.5 Å². The number of thioether (sulfide) groups is 1. The molecule has 7 nitrogen and oxygen atoms in total. The molecule has 0 aliphatic heterocycles. The van der Waals surface area contributed by atoms with Gasteiger partial charge >= 0.3 is 0 Å². The third-order valence-corrected chi connectivity index (χ3v) is 6.03. The molecular weight excluding hydrogens is 452 g/mol. The average molecular weight is 481 g/mol. The summed E-state index contributed by atoms with van der Waals surface area (Å²) in [6, 6.07) is 20.1. The molecule has 0 radical (unpaired) electrons. The second kappa shape index (κ2) is 12.6. The normalized spacial score (nSPS) is 10.3. The third kappa shape index (κ3) is 6.92. The molecule has 0 fully saturated rings. The molecule has 0 saturated carbocycles. The first-order valence-corrected chi connectivity index (χ1v) is 11.7. The molecule has 0 aliphatic carbocycles. The number of rotatable bonds is 11. The van der Waals surface area contributed by atoms with Crippen molar-refractivity contribution in [1.82, 2.24) is 5.32 Å². The molecule has 34 heavy (non-hydrogen) atoms. The van der Waals surface area contributed by atoms with E-state index < -0.39 is 0 Å². The van der Waals surface area contributed by atoms with E-state index >= 15 is 0 Å². The van der Waals surface area contributed by atoms with Gasteiger partial charge in [0.1, 0.15) is 5.75 Å². The highest BCUT2D eigenvalue weighted by Gasteiger charge is 2.13. The van der Waals surface area contributed by atoms with Crippen LogP contribution in [0.5, 0.6) is 17.2 Å². The smallest absolute Gasteiger partial charge is 0.253 e. The number of hydrogen-bond acceptors (Lipinski definition) is 6. The van der Waals surface area contributed by atoms with Gasteiger partial charge in [-0.3, -0.25) is 9.59 Å². The standard InChI is InChI=1S/C26H28N2O5S/c1-31-19-9-11-20(12-10-19)34-17-25(29)28-22-7-5-4-6-21(22)26(30)27-15-14-18-8-13-23(32-2)24(16-18)33-3/h4-13,16H,14-15,17H2,1-3H3,(H,27,30)(H,28,29). The first-order valence-electron chi connectivity index (χ1n) is 10.7. The van der Waals surface area contributed by atoms with Crippen LogP contribution in [0.15, 0.2) is 71.6 Å². The first-order chi connectivity index (χ1) is 16.5. The molecule has 0 aliphatic rings. The molecule has 0 heterocycles. The Morgan fingerprint density at radius 1 is 0.853 bits per heavy atom. The Kier molecular flexibility index (Phi) is 9.22. The van der Waals surface area contributed by atoms with Crippen LogP contribution < -0.4 is 24.8 Å². The van der Waals surface area contributed by atoms with Crippen LogP contribution >= 0.6 is 11.8 Å². The molecule has 0 aromatic heterocycles. The second-order valence-electron chi connectivity index (χ2n) is 7.25. The van der Waals surface area contributed by atoms with Crippen molar-refractivity contribution in [3.63, 3.8) is 0 Å². The minimum absolute atomic E-state index is 0.189. The predicted octanol–water partition coefficient (Wildman–Crippen LogP) is 4.42. The number of para-hydroxylation sites is 1. The third-order valence-electron chi connectivity index (χ3n) is 5.02. The van der Waals surface area contributed by atoms with E-state index in [4.69, 9.17) is 14.2 Å². The number of hydrogen-bond donors (Lipinski definition) is 2. The van der Waals surface area contributed by atoms with Crippen LogP contribution in [-0.2, 0) is 11.2 Å². The largest absolute Gasteiger partial charge is 0.497 e. The van der Waals surface area contributed by atoms with Gasteiger partial charge in [0, 0.05) is 11.4 Å². The van der Waals surface area contributed by atoms with Crippen LogP contribution in [0.1, 0.15) is 15.9 Å². The van der Waals surface area contributed by atoms with Gasteiger partial charge in [0.25, 0.3) is 5.91 Å². The Bertz CT molecular complexity index is 1120. The molecule has 3 rings (SSSR count). The molecule has 0 bridgehead atoms. The Labute approximate surface area is 203 Å². The number of carbonyl (C=O) groups excluding carboxylic acids is 2. The maximum Gasteiger partial charge on any atom is 0.253 e. The van der Waals surface area contributed by atoms with Gasteiger partial charge < -0.3 is 24.8 Å². The molecule has 8 heteroatoms. The van der Waals surface area contributed by atoms with Gasteiger partial charge in [0.2, 0.25) is 5.91 Å². The molecule has 2 amide bonds. The summed E-state index contributed by atoms with van der Waals surface area (Å²) < 4.78 is 15.7. The summed E-state index contributed by atoms with van der Waals surface area (Å²) in [5.74, 6) is 1.85. The van der Waals surface area contributed by atoms with Gasteiger partial charge in [0.15, 0.2) is 11.5 Å². The van der Waals surface area contributed by atoms with Crippen LogP contribution in [-0.4, -0.2) is 45.4 Å². The lowest BCUT2D eigenvalue weighted by Crippen LogP contribution is -2.27. The number of nitrogens with one attached hydrogen (secondary N) is 2. The van der Waals surface area contributed by atoms with E-state index in [-0.39, 0.29) is 17.6 Å². The number of methoxy groups -OCH3 is 3. The van der Waals surface area contributed by atoms with Crippen molar-refractivity contribution in [3.05, 3.63) is 77.9 Å². The summed E-state index contributed by atoms with van der Waals surface area (Å²) >= 11 is 1.41. The highest BCUT2D eigenvalue weighted by atomic mass is 32.2. The zero-order chi connectivity index (χ0) is 24.3. The first kappa shape index (κ1) is 25.0. The molecular formula is C26H28N2O5S. The van der Waals surface area contributed by atoms with Crippen molar-refractivity contribution in [3.8, 4) is 17.2 Å². The minimum atomic E-state index is -0.251. The molecule has 3 aromatic rings. The van der Waals surface area contributed by atoms with E-state index in [1.165, 1.54) is 11.8 Å². The highest BCUT2D eigenvalue weighted by Crippen LogP contribution is 2.27. The Morgan fingerprint density at radius 3 is 2.29 bits per heavy atom. The second-order valence-corrected chi connectivity index (χ2v) is 8.30. The SMILES string of the molecule is COc1ccc(SCC(=O)Nc2ccccc2C(=O)NCCc2ccc(OC)c(OC)c2)cc1. The summed E-state index contributed by atoms with van der Waals surface area (Å²) in [6.45, 7) is 0.434. The van der Waals surface area contributed by atoms with Gasteiger partial charge in [-0.2, -0.15) is 0 Å². The Hall–Kier alpha value is -3.65. The van der Waals surface area contributed by atoms with E-state index in [0.29, 0.717) is 35.7 Å². The summed E-state index contributed by atoms with van der Waals surface area (Å²) in [4.78, 5) is 26.2. The molecule has 3 aromatic carbocycles. The minimum Gasteiger partial charge on any atom is -0.497 e. The van der Waals surface area contributed by atoms with Crippen molar-refractivity contribution in [1.29, 1.82) is 0 Å². The zero-order valence-electron chi connectivity index (χ0n) is 19.4. The van der Waals surface area contributed by atoms with E-state index in [2.05, 4.69) is 10.6 Å².